The number of hydrogen-bond acceptors (Lipinski definition) is 1. The van der Waals surface area contributed by atoms with Gasteiger partial charge in [-0.3, -0.25) is 5.41 Å². The molecule has 23 heavy (non-hydrogen) atoms. The lowest BCUT2D eigenvalue weighted by molar-refractivity contribution is 0.733. The number of nitrogens with zero attached hydrogens (tertiary/aromatic N) is 2. The molecule has 0 saturated heterocycles. The molecule has 1 N–H and O–H groups in total. The van der Waals surface area contributed by atoms with Crippen molar-refractivity contribution < 1.29 is 0 Å². The first kappa shape index (κ1) is 15.6. The van der Waals surface area contributed by atoms with Crippen LogP contribution in [0.1, 0.15) is 37.3 Å². The van der Waals surface area contributed by atoms with Gasteiger partial charge in [0, 0.05) is 25.0 Å². The smallest absolute Gasteiger partial charge is 0.202 e. The number of benzene rings is 2. The van der Waals surface area contributed by atoms with Gasteiger partial charge in [-0.15, -0.1) is 0 Å². The van der Waals surface area contributed by atoms with E-state index in [4.69, 9.17) is 5.41 Å². The Bertz CT molecular complexity index is 690. The summed E-state index contributed by atoms with van der Waals surface area (Å²) >= 11 is 0. The molecule has 120 valence electrons. The van der Waals surface area contributed by atoms with Crippen LogP contribution in [0.25, 0.3) is 0 Å². The molecule has 0 spiro atoms. The minimum atomic E-state index is 0.534. The lowest BCUT2D eigenvalue weighted by atomic mass is 9.98. The number of hydrogen-bond donors (Lipinski definition) is 1. The predicted molar refractivity (Wildman–Crippen MR) is 98.8 cm³/mol. The Morgan fingerprint density at radius 1 is 1.17 bits per heavy atom. The molecular formula is C20H25N3. The quantitative estimate of drug-likeness (QED) is 0.662. The van der Waals surface area contributed by atoms with Gasteiger partial charge in [-0.2, -0.15) is 0 Å². The highest BCUT2D eigenvalue weighted by atomic mass is 15.4. The van der Waals surface area contributed by atoms with Crippen molar-refractivity contribution in [2.24, 2.45) is 0 Å². The summed E-state index contributed by atoms with van der Waals surface area (Å²) in [5.41, 5.74) is 4.92. The Hall–Kier alpha value is -2.29. The van der Waals surface area contributed by atoms with Crippen LogP contribution in [0.5, 0.6) is 0 Å². The van der Waals surface area contributed by atoms with E-state index in [9.17, 15) is 0 Å². The average Bonchev–Trinajstić information content (AvgIpc) is 3.04. The van der Waals surface area contributed by atoms with Crippen LogP contribution in [0.15, 0.2) is 48.5 Å². The zero-order valence-electron chi connectivity index (χ0n) is 14.2. The fraction of sp³-hybridized carbons (Fsp3) is 0.350. The van der Waals surface area contributed by atoms with Gasteiger partial charge in [-0.1, -0.05) is 44.2 Å². The maximum absolute atomic E-state index is 8.59. The van der Waals surface area contributed by atoms with Crippen molar-refractivity contribution in [2.45, 2.75) is 32.6 Å². The number of para-hydroxylation sites is 1. The number of nitrogens with one attached hydrogen (secondary N) is 1. The van der Waals surface area contributed by atoms with E-state index in [1.807, 2.05) is 18.0 Å². The van der Waals surface area contributed by atoms with Crippen LogP contribution in [-0.4, -0.2) is 19.6 Å². The summed E-state index contributed by atoms with van der Waals surface area (Å²) in [6.45, 7) is 5.35. The third-order valence-corrected chi connectivity index (χ3v) is 4.92. The van der Waals surface area contributed by atoms with Crippen molar-refractivity contribution in [3.8, 4) is 0 Å². The topological polar surface area (TPSA) is 30.3 Å². The zero-order valence-corrected chi connectivity index (χ0v) is 14.2. The van der Waals surface area contributed by atoms with Gasteiger partial charge < -0.3 is 9.80 Å². The molecule has 1 aliphatic heterocycles. The van der Waals surface area contributed by atoms with Gasteiger partial charge in [0.15, 0.2) is 0 Å². The first-order valence-corrected chi connectivity index (χ1v) is 8.39. The summed E-state index contributed by atoms with van der Waals surface area (Å²) in [5, 5.41) is 8.59. The lowest BCUT2D eigenvalue weighted by Gasteiger charge is -2.28. The number of guanidine groups is 1. The van der Waals surface area contributed by atoms with Gasteiger partial charge >= 0.3 is 0 Å². The van der Waals surface area contributed by atoms with Gasteiger partial charge in [-0.25, -0.2) is 0 Å². The summed E-state index contributed by atoms with van der Waals surface area (Å²) in [6.07, 6.45) is 2.16. The Morgan fingerprint density at radius 2 is 1.87 bits per heavy atom. The summed E-state index contributed by atoms with van der Waals surface area (Å²) in [4.78, 5) is 4.06. The number of anilines is 2. The summed E-state index contributed by atoms with van der Waals surface area (Å²) < 4.78 is 0. The maximum atomic E-state index is 8.59. The minimum Gasteiger partial charge on any atom is -0.316 e. The van der Waals surface area contributed by atoms with E-state index in [-0.39, 0.29) is 0 Å². The highest BCUT2D eigenvalue weighted by Gasteiger charge is 2.24. The van der Waals surface area contributed by atoms with Crippen molar-refractivity contribution >= 4 is 17.3 Å². The van der Waals surface area contributed by atoms with Crippen molar-refractivity contribution in [1.82, 2.24) is 0 Å². The van der Waals surface area contributed by atoms with E-state index < -0.39 is 0 Å². The monoisotopic (exact) mass is 307 g/mol. The molecule has 3 rings (SSSR count). The zero-order chi connectivity index (χ0) is 16.4. The fourth-order valence-electron chi connectivity index (χ4n) is 3.12. The first-order valence-electron chi connectivity index (χ1n) is 8.39. The largest absolute Gasteiger partial charge is 0.316 e. The average molecular weight is 307 g/mol. The van der Waals surface area contributed by atoms with Crippen molar-refractivity contribution in [2.75, 3.05) is 23.4 Å². The molecule has 2 aromatic carbocycles. The third kappa shape index (κ3) is 2.96. The fourth-order valence-corrected chi connectivity index (χ4v) is 3.12. The van der Waals surface area contributed by atoms with Crippen LogP contribution in [0.2, 0.25) is 0 Å². The van der Waals surface area contributed by atoms with E-state index in [0.717, 1.165) is 25.1 Å². The van der Waals surface area contributed by atoms with Crippen LogP contribution >= 0.6 is 0 Å². The molecule has 0 radical (unpaired) electrons. The predicted octanol–water partition coefficient (Wildman–Crippen LogP) is 4.63. The van der Waals surface area contributed by atoms with Crippen molar-refractivity contribution in [1.29, 1.82) is 5.41 Å². The van der Waals surface area contributed by atoms with E-state index in [1.54, 1.807) is 0 Å². The molecule has 0 amide bonds. The molecular weight excluding hydrogens is 282 g/mol. The van der Waals surface area contributed by atoms with Gasteiger partial charge in [0.05, 0.1) is 0 Å². The minimum absolute atomic E-state index is 0.534. The molecule has 2 aromatic rings. The van der Waals surface area contributed by atoms with E-state index >= 15 is 0 Å². The second kappa shape index (κ2) is 6.45. The molecule has 1 aliphatic rings. The molecule has 3 nitrogen and oxygen atoms in total. The molecule has 0 aromatic heterocycles. The van der Waals surface area contributed by atoms with Crippen LogP contribution in [0.3, 0.4) is 0 Å². The van der Waals surface area contributed by atoms with Gasteiger partial charge in [0.25, 0.3) is 0 Å². The van der Waals surface area contributed by atoms with Gasteiger partial charge in [0.2, 0.25) is 5.96 Å². The van der Waals surface area contributed by atoms with E-state index in [1.165, 1.54) is 16.8 Å². The molecule has 3 heteroatoms. The Morgan fingerprint density at radius 3 is 2.57 bits per heavy atom. The van der Waals surface area contributed by atoms with Crippen LogP contribution in [-0.2, 0) is 6.42 Å². The molecule has 0 saturated carbocycles. The van der Waals surface area contributed by atoms with Crippen molar-refractivity contribution in [3.05, 3.63) is 59.7 Å². The molecule has 1 atom stereocenters. The Labute approximate surface area is 139 Å². The second-order valence-electron chi connectivity index (χ2n) is 6.31. The van der Waals surface area contributed by atoms with Gasteiger partial charge in [0.1, 0.15) is 0 Å². The van der Waals surface area contributed by atoms with E-state index in [0.29, 0.717) is 11.9 Å². The van der Waals surface area contributed by atoms with Crippen LogP contribution < -0.4 is 9.80 Å². The normalized spacial score (nSPS) is 14.5. The molecule has 0 fully saturated rings. The SMILES string of the molecule is CCC(C)c1ccc(N(C)C(=N)N2CCc3ccccc32)cc1. The Kier molecular flexibility index (Phi) is 4.37. The second-order valence-corrected chi connectivity index (χ2v) is 6.31. The highest BCUT2D eigenvalue weighted by Crippen LogP contribution is 2.29. The highest BCUT2D eigenvalue weighted by molar-refractivity contribution is 6.06. The maximum Gasteiger partial charge on any atom is 0.202 e. The number of rotatable bonds is 3. The standard InChI is InChI=1S/C20H25N3/c1-4-15(2)16-9-11-18(12-10-16)22(3)20(21)23-14-13-17-7-5-6-8-19(17)23/h5-12,15,21H,4,13-14H2,1-3H3. The van der Waals surface area contributed by atoms with E-state index in [2.05, 4.69) is 61.2 Å². The van der Waals surface area contributed by atoms with Crippen molar-refractivity contribution in [3.63, 3.8) is 0 Å². The van der Waals surface area contributed by atoms with Crippen LogP contribution in [0, 0.1) is 5.41 Å². The molecule has 1 unspecified atom stereocenters. The third-order valence-electron chi connectivity index (χ3n) is 4.92. The summed E-state index contributed by atoms with van der Waals surface area (Å²) in [7, 11) is 1.97. The lowest BCUT2D eigenvalue weighted by Crippen LogP contribution is -2.41. The Balaban J connectivity index is 1.78. The van der Waals surface area contributed by atoms with Crippen LogP contribution in [0.4, 0.5) is 11.4 Å². The number of fused-ring (bicyclic) bond motifs is 1. The summed E-state index contributed by atoms with van der Waals surface area (Å²) in [6, 6.07) is 17.0. The molecule has 1 heterocycles. The molecule has 0 bridgehead atoms. The first-order chi connectivity index (χ1) is 11.1. The molecule has 0 aliphatic carbocycles. The summed E-state index contributed by atoms with van der Waals surface area (Å²) in [5.74, 6) is 1.12. The van der Waals surface area contributed by atoms with Gasteiger partial charge in [-0.05, 0) is 48.1 Å².